The molecule has 3 aromatic rings. The number of aryl methyl sites for hydroxylation is 2. The number of carbonyl (C=O) groups excluding carboxylic acids is 1. The van der Waals surface area contributed by atoms with Crippen LogP contribution in [0.1, 0.15) is 29.4 Å². The van der Waals surface area contributed by atoms with Crippen LogP contribution in [-0.4, -0.2) is 64.5 Å². The van der Waals surface area contributed by atoms with Crippen LogP contribution in [0.3, 0.4) is 0 Å². The van der Waals surface area contributed by atoms with E-state index in [2.05, 4.69) is 62.6 Å². The molecule has 6 nitrogen and oxygen atoms in total. The smallest absolute Gasteiger partial charge is 0.221 e. The summed E-state index contributed by atoms with van der Waals surface area (Å²) in [4.78, 5) is 21.4. The van der Waals surface area contributed by atoms with Crippen LogP contribution in [0.2, 0.25) is 5.02 Å². The van der Waals surface area contributed by atoms with E-state index < -0.39 is 0 Å². The maximum absolute atomic E-state index is 12.2. The van der Waals surface area contributed by atoms with Crippen LogP contribution < -0.4 is 5.32 Å². The van der Waals surface area contributed by atoms with Crippen molar-refractivity contribution in [3.8, 4) is 0 Å². The first-order valence-electron chi connectivity index (χ1n) is 11.6. The number of halogens is 1. The normalized spacial score (nSPS) is 15.9. The van der Waals surface area contributed by atoms with Crippen molar-refractivity contribution in [2.24, 2.45) is 0 Å². The summed E-state index contributed by atoms with van der Waals surface area (Å²) < 4.78 is 2.00. The fraction of sp³-hybridized carbons (Fsp3) is 0.385. The molecule has 0 radical (unpaired) electrons. The van der Waals surface area contributed by atoms with E-state index in [1.54, 1.807) is 6.20 Å². The van der Waals surface area contributed by atoms with E-state index >= 15 is 0 Å². The Morgan fingerprint density at radius 3 is 2.36 bits per heavy atom. The zero-order chi connectivity index (χ0) is 23.0. The Labute approximate surface area is 201 Å². The van der Waals surface area contributed by atoms with E-state index in [4.69, 9.17) is 11.6 Å². The lowest BCUT2D eigenvalue weighted by atomic mass is 9.96. The van der Waals surface area contributed by atoms with Crippen LogP contribution in [0.4, 0.5) is 0 Å². The number of piperazine rings is 1. The molecule has 0 bridgehead atoms. The van der Waals surface area contributed by atoms with Crippen LogP contribution >= 0.6 is 11.6 Å². The van der Waals surface area contributed by atoms with Crippen molar-refractivity contribution in [3.63, 3.8) is 0 Å². The van der Waals surface area contributed by atoms with Gasteiger partial charge in [-0.05, 0) is 30.2 Å². The molecule has 0 saturated carbocycles. The summed E-state index contributed by atoms with van der Waals surface area (Å²) in [5.41, 5.74) is 2.56. The summed E-state index contributed by atoms with van der Waals surface area (Å²) in [6.07, 6.45) is 4.15. The van der Waals surface area contributed by atoms with Gasteiger partial charge < -0.3 is 9.88 Å². The Hall–Kier alpha value is -2.67. The number of nitrogens with one attached hydrogen (secondary N) is 1. The van der Waals surface area contributed by atoms with Crippen LogP contribution in [0, 0.1) is 6.92 Å². The minimum Gasteiger partial charge on any atom is -0.355 e. The lowest BCUT2D eigenvalue weighted by Crippen LogP contribution is -2.49. The molecule has 33 heavy (non-hydrogen) atoms. The first-order chi connectivity index (χ1) is 16.1. The number of rotatable bonds is 9. The Bertz CT molecular complexity index is 1010. The predicted octanol–water partition coefficient (Wildman–Crippen LogP) is 3.76. The molecule has 2 aromatic carbocycles. The lowest BCUT2D eigenvalue weighted by Gasteiger charge is -2.39. The van der Waals surface area contributed by atoms with Gasteiger partial charge in [-0.3, -0.25) is 14.6 Å². The van der Waals surface area contributed by atoms with E-state index in [1.165, 1.54) is 11.1 Å². The summed E-state index contributed by atoms with van der Waals surface area (Å²) >= 11 is 6.14. The largest absolute Gasteiger partial charge is 0.355 e. The number of carbonyl (C=O) groups is 1. The standard InChI is InChI=1S/C26H32ClN5O/c1-21-28-13-16-31(21)14-11-25(33)29-12-15-30-17-19-32(20-18-30)26(22-5-3-2-4-6-22)23-7-9-24(27)10-8-23/h2-10,13,16,26H,11-12,14-15,17-20H2,1H3,(H,29,33). The van der Waals surface area contributed by atoms with Crippen molar-refractivity contribution in [1.82, 2.24) is 24.7 Å². The van der Waals surface area contributed by atoms with Crippen LogP contribution in [0.25, 0.3) is 0 Å². The second-order valence-corrected chi connectivity index (χ2v) is 8.95. The molecule has 0 aliphatic carbocycles. The first kappa shape index (κ1) is 23.5. The number of aromatic nitrogens is 2. The number of nitrogens with zero attached hydrogens (tertiary/aromatic N) is 4. The first-order valence-corrected chi connectivity index (χ1v) is 12.0. The van der Waals surface area contributed by atoms with Crippen molar-refractivity contribution in [2.45, 2.75) is 25.9 Å². The second-order valence-electron chi connectivity index (χ2n) is 8.51. The summed E-state index contributed by atoms with van der Waals surface area (Å²) in [5, 5.41) is 3.82. The van der Waals surface area contributed by atoms with Crippen LogP contribution in [-0.2, 0) is 11.3 Å². The molecule has 1 aromatic heterocycles. The summed E-state index contributed by atoms with van der Waals surface area (Å²) in [5.74, 6) is 1.03. The monoisotopic (exact) mass is 465 g/mol. The molecular weight excluding hydrogens is 434 g/mol. The molecule has 1 atom stereocenters. The molecule has 1 N–H and O–H groups in total. The molecule has 1 fully saturated rings. The van der Waals surface area contributed by atoms with Crippen molar-refractivity contribution in [3.05, 3.63) is 89.0 Å². The predicted molar refractivity (Wildman–Crippen MR) is 132 cm³/mol. The molecule has 4 rings (SSSR count). The topological polar surface area (TPSA) is 53.4 Å². The molecule has 1 amide bonds. The van der Waals surface area contributed by atoms with Crippen molar-refractivity contribution in [1.29, 1.82) is 0 Å². The maximum Gasteiger partial charge on any atom is 0.221 e. The second kappa shape index (κ2) is 11.5. The van der Waals surface area contributed by atoms with Gasteiger partial charge in [0.05, 0.1) is 6.04 Å². The third kappa shape index (κ3) is 6.44. The summed E-state index contributed by atoms with van der Waals surface area (Å²) in [6.45, 7) is 8.12. The fourth-order valence-electron chi connectivity index (χ4n) is 4.44. The zero-order valence-corrected chi connectivity index (χ0v) is 19.9. The number of benzene rings is 2. The molecule has 2 heterocycles. The van der Waals surface area contributed by atoms with E-state index in [9.17, 15) is 4.79 Å². The Kier molecular flexibility index (Phi) is 8.15. The van der Waals surface area contributed by atoms with E-state index in [0.29, 0.717) is 19.5 Å². The van der Waals surface area contributed by atoms with Gasteiger partial charge in [-0.15, -0.1) is 0 Å². The van der Waals surface area contributed by atoms with Gasteiger partial charge >= 0.3 is 0 Å². The van der Waals surface area contributed by atoms with Gasteiger partial charge in [-0.25, -0.2) is 4.98 Å². The molecule has 7 heteroatoms. The third-order valence-electron chi connectivity index (χ3n) is 6.33. The van der Waals surface area contributed by atoms with Crippen molar-refractivity contribution >= 4 is 17.5 Å². The Balaban J connectivity index is 1.26. The average Bonchev–Trinajstić information content (AvgIpc) is 3.25. The number of hydrogen-bond acceptors (Lipinski definition) is 4. The van der Waals surface area contributed by atoms with Gasteiger partial charge in [-0.1, -0.05) is 54.1 Å². The molecule has 0 spiro atoms. The minimum absolute atomic E-state index is 0.0913. The van der Waals surface area contributed by atoms with E-state index in [0.717, 1.165) is 43.6 Å². The van der Waals surface area contributed by atoms with Gasteiger partial charge in [0.1, 0.15) is 5.82 Å². The molecule has 1 aliphatic heterocycles. The van der Waals surface area contributed by atoms with Crippen molar-refractivity contribution in [2.75, 3.05) is 39.3 Å². The highest BCUT2D eigenvalue weighted by molar-refractivity contribution is 6.30. The molecule has 1 unspecified atom stereocenters. The van der Waals surface area contributed by atoms with Crippen molar-refractivity contribution < 1.29 is 4.79 Å². The lowest BCUT2D eigenvalue weighted by molar-refractivity contribution is -0.121. The van der Waals surface area contributed by atoms with Gasteiger partial charge in [0.15, 0.2) is 0 Å². The van der Waals surface area contributed by atoms with Gasteiger partial charge in [0, 0.05) is 69.7 Å². The van der Waals surface area contributed by atoms with Gasteiger partial charge in [0.2, 0.25) is 5.91 Å². The number of amides is 1. The van der Waals surface area contributed by atoms with Gasteiger partial charge in [-0.2, -0.15) is 0 Å². The highest BCUT2D eigenvalue weighted by atomic mass is 35.5. The number of imidazole rings is 1. The average molecular weight is 466 g/mol. The highest BCUT2D eigenvalue weighted by Crippen LogP contribution is 2.30. The highest BCUT2D eigenvalue weighted by Gasteiger charge is 2.26. The molecule has 1 aliphatic rings. The van der Waals surface area contributed by atoms with E-state index in [1.807, 2.05) is 29.8 Å². The van der Waals surface area contributed by atoms with Crippen LogP contribution in [0.15, 0.2) is 67.0 Å². The SMILES string of the molecule is Cc1nccn1CCC(=O)NCCN1CCN(C(c2ccccc2)c2ccc(Cl)cc2)CC1. The maximum atomic E-state index is 12.2. The van der Waals surface area contributed by atoms with Gasteiger partial charge in [0.25, 0.3) is 0 Å². The summed E-state index contributed by atoms with van der Waals surface area (Å²) in [7, 11) is 0. The molecule has 174 valence electrons. The molecular formula is C26H32ClN5O. The molecule has 1 saturated heterocycles. The van der Waals surface area contributed by atoms with E-state index in [-0.39, 0.29) is 11.9 Å². The number of hydrogen-bond donors (Lipinski definition) is 1. The minimum atomic E-state index is 0.0913. The Morgan fingerprint density at radius 2 is 1.70 bits per heavy atom. The third-order valence-corrected chi connectivity index (χ3v) is 6.58. The quantitative estimate of drug-likeness (QED) is 0.522. The summed E-state index contributed by atoms with van der Waals surface area (Å²) in [6, 6.07) is 19.1. The van der Waals surface area contributed by atoms with Crippen LogP contribution in [0.5, 0.6) is 0 Å². The fourth-order valence-corrected chi connectivity index (χ4v) is 4.57. The zero-order valence-electron chi connectivity index (χ0n) is 19.2. The Morgan fingerprint density at radius 1 is 1.00 bits per heavy atom.